The highest BCUT2D eigenvalue weighted by Crippen LogP contribution is 2.15. The summed E-state index contributed by atoms with van der Waals surface area (Å²) in [6, 6.07) is 1.84. The molecule has 0 spiro atoms. The van der Waals surface area contributed by atoms with Gasteiger partial charge in [-0.2, -0.15) is 4.98 Å². The third-order valence-corrected chi connectivity index (χ3v) is 3.26. The second-order valence-electron chi connectivity index (χ2n) is 4.24. The summed E-state index contributed by atoms with van der Waals surface area (Å²) in [5.41, 5.74) is 0.888. The van der Waals surface area contributed by atoms with Gasteiger partial charge >= 0.3 is 0 Å². The second-order valence-corrected chi connectivity index (χ2v) is 5.56. The molecule has 0 saturated carbocycles. The Kier molecular flexibility index (Phi) is 4.68. The van der Waals surface area contributed by atoms with Gasteiger partial charge in [0.05, 0.1) is 13.2 Å². The van der Waals surface area contributed by atoms with E-state index in [-0.39, 0.29) is 0 Å². The zero-order chi connectivity index (χ0) is 13.7. The first kappa shape index (κ1) is 13.7. The molecule has 0 amide bonds. The average Bonchev–Trinajstić information content (AvgIpc) is 2.79. The number of rotatable bonds is 6. The predicted octanol–water partition coefficient (Wildman–Crippen LogP) is 2.95. The summed E-state index contributed by atoms with van der Waals surface area (Å²) < 4.78 is 5.53. The number of thiazole rings is 1. The van der Waals surface area contributed by atoms with E-state index in [0.717, 1.165) is 17.1 Å². The first-order valence-corrected chi connectivity index (χ1v) is 7.12. The first-order chi connectivity index (χ1) is 9.17. The number of aryl methyl sites for hydroxylation is 2. The maximum Gasteiger partial charge on any atom is 0.226 e. The van der Waals surface area contributed by atoms with Crippen molar-refractivity contribution in [3.8, 4) is 5.88 Å². The largest absolute Gasteiger partial charge is 0.478 e. The molecule has 0 unspecified atom stereocenters. The third-order valence-electron chi connectivity index (χ3n) is 2.35. The van der Waals surface area contributed by atoms with Crippen LogP contribution in [0.3, 0.4) is 0 Å². The minimum atomic E-state index is 0.582. The zero-order valence-electron chi connectivity index (χ0n) is 11.4. The fourth-order valence-corrected chi connectivity index (χ4v) is 2.26. The van der Waals surface area contributed by atoms with Crippen LogP contribution in [0, 0.1) is 13.8 Å². The van der Waals surface area contributed by atoms with Gasteiger partial charge in [-0.25, -0.2) is 9.97 Å². The molecule has 19 heavy (non-hydrogen) atoms. The van der Waals surface area contributed by atoms with E-state index >= 15 is 0 Å². The molecule has 0 atom stereocenters. The van der Waals surface area contributed by atoms with Crippen molar-refractivity contribution in [3.05, 3.63) is 27.8 Å². The van der Waals surface area contributed by atoms with E-state index < -0.39 is 0 Å². The Morgan fingerprint density at radius 3 is 2.84 bits per heavy atom. The molecule has 0 radical (unpaired) electrons. The Morgan fingerprint density at radius 1 is 1.32 bits per heavy atom. The zero-order valence-corrected chi connectivity index (χ0v) is 12.3. The third kappa shape index (κ3) is 4.17. The van der Waals surface area contributed by atoms with Gasteiger partial charge in [0.1, 0.15) is 5.01 Å². The van der Waals surface area contributed by atoms with Crippen molar-refractivity contribution in [1.29, 1.82) is 0 Å². The van der Waals surface area contributed by atoms with E-state index in [1.165, 1.54) is 4.88 Å². The molecule has 0 aromatic carbocycles. The second kappa shape index (κ2) is 6.47. The lowest BCUT2D eigenvalue weighted by Crippen LogP contribution is -2.06. The Bertz CT molecular complexity index is 541. The highest BCUT2D eigenvalue weighted by atomic mass is 32.1. The van der Waals surface area contributed by atoms with Gasteiger partial charge in [-0.05, 0) is 20.3 Å². The monoisotopic (exact) mass is 278 g/mol. The van der Waals surface area contributed by atoms with Gasteiger partial charge in [0, 0.05) is 22.8 Å². The number of anilines is 1. The van der Waals surface area contributed by atoms with Crippen LogP contribution in [0.15, 0.2) is 12.3 Å². The summed E-state index contributed by atoms with van der Waals surface area (Å²) >= 11 is 1.67. The van der Waals surface area contributed by atoms with Crippen LogP contribution in [0.25, 0.3) is 0 Å². The minimum absolute atomic E-state index is 0.582. The Balaban J connectivity index is 2.01. The Labute approximate surface area is 117 Å². The lowest BCUT2D eigenvalue weighted by molar-refractivity contribution is 0.305. The van der Waals surface area contributed by atoms with Gasteiger partial charge in [-0.15, -0.1) is 11.3 Å². The van der Waals surface area contributed by atoms with Crippen LogP contribution in [0.5, 0.6) is 5.88 Å². The highest BCUT2D eigenvalue weighted by Gasteiger charge is 2.04. The molecule has 2 aromatic rings. The molecular weight excluding hydrogens is 260 g/mol. The van der Waals surface area contributed by atoms with Gasteiger partial charge in [-0.3, -0.25) is 0 Å². The Hall–Kier alpha value is -1.69. The van der Waals surface area contributed by atoms with E-state index in [2.05, 4.69) is 27.2 Å². The number of aromatic nitrogens is 3. The van der Waals surface area contributed by atoms with Crippen molar-refractivity contribution in [2.45, 2.75) is 33.7 Å². The standard InChI is InChI=1S/C13H18N4OS/c1-4-5-18-11-6-9(2)16-13(17-11)15-8-12-14-7-10(3)19-12/h6-7H,4-5,8H2,1-3H3,(H,15,16,17). The first-order valence-electron chi connectivity index (χ1n) is 6.31. The lowest BCUT2D eigenvalue weighted by atomic mass is 10.4. The molecule has 2 heterocycles. The van der Waals surface area contributed by atoms with Crippen molar-refractivity contribution < 1.29 is 4.74 Å². The summed E-state index contributed by atoms with van der Waals surface area (Å²) in [5.74, 6) is 1.20. The van der Waals surface area contributed by atoms with Gasteiger partial charge in [0.2, 0.25) is 11.8 Å². The molecule has 0 saturated heterocycles. The highest BCUT2D eigenvalue weighted by molar-refractivity contribution is 7.11. The van der Waals surface area contributed by atoms with Crippen LogP contribution < -0.4 is 10.1 Å². The molecule has 0 fully saturated rings. The topological polar surface area (TPSA) is 59.9 Å². The van der Waals surface area contributed by atoms with Gasteiger partial charge in [0.25, 0.3) is 0 Å². The van der Waals surface area contributed by atoms with Crippen LogP contribution in [-0.4, -0.2) is 21.6 Å². The number of hydrogen-bond donors (Lipinski definition) is 1. The molecule has 6 heteroatoms. The van der Waals surface area contributed by atoms with Gasteiger partial charge in [0.15, 0.2) is 0 Å². The maximum atomic E-state index is 5.53. The number of hydrogen-bond acceptors (Lipinski definition) is 6. The molecular formula is C13H18N4OS. The van der Waals surface area contributed by atoms with Crippen LogP contribution in [0.1, 0.15) is 28.9 Å². The molecule has 102 valence electrons. The molecule has 0 aliphatic carbocycles. The lowest BCUT2D eigenvalue weighted by Gasteiger charge is -2.07. The number of nitrogens with one attached hydrogen (secondary N) is 1. The van der Waals surface area contributed by atoms with Crippen molar-refractivity contribution in [3.63, 3.8) is 0 Å². The van der Waals surface area contributed by atoms with E-state index in [0.29, 0.717) is 25.0 Å². The molecule has 5 nitrogen and oxygen atoms in total. The number of nitrogens with zero attached hydrogens (tertiary/aromatic N) is 3. The van der Waals surface area contributed by atoms with Crippen molar-refractivity contribution >= 4 is 17.3 Å². The summed E-state index contributed by atoms with van der Waals surface area (Å²) in [7, 11) is 0. The fourth-order valence-electron chi connectivity index (χ4n) is 1.54. The van der Waals surface area contributed by atoms with Crippen molar-refractivity contribution in [2.24, 2.45) is 0 Å². The van der Waals surface area contributed by atoms with Crippen molar-refractivity contribution in [1.82, 2.24) is 15.0 Å². The smallest absolute Gasteiger partial charge is 0.226 e. The van der Waals surface area contributed by atoms with Gasteiger partial charge < -0.3 is 10.1 Å². The van der Waals surface area contributed by atoms with Crippen molar-refractivity contribution in [2.75, 3.05) is 11.9 Å². The molecule has 2 aromatic heterocycles. The SMILES string of the molecule is CCCOc1cc(C)nc(NCc2ncc(C)s2)n1. The number of ether oxygens (including phenoxy) is 1. The summed E-state index contributed by atoms with van der Waals surface area (Å²) in [6.07, 6.45) is 2.83. The molecule has 0 aliphatic heterocycles. The quantitative estimate of drug-likeness (QED) is 0.880. The maximum absolute atomic E-state index is 5.53. The van der Waals surface area contributed by atoms with Crippen LogP contribution >= 0.6 is 11.3 Å². The summed E-state index contributed by atoms with van der Waals surface area (Å²) in [4.78, 5) is 14.2. The molecule has 1 N–H and O–H groups in total. The Morgan fingerprint density at radius 2 is 2.16 bits per heavy atom. The van der Waals surface area contributed by atoms with Crippen LogP contribution in [-0.2, 0) is 6.54 Å². The van der Waals surface area contributed by atoms with E-state index in [4.69, 9.17) is 4.74 Å². The van der Waals surface area contributed by atoms with E-state index in [1.54, 1.807) is 11.3 Å². The average molecular weight is 278 g/mol. The normalized spacial score (nSPS) is 10.5. The predicted molar refractivity (Wildman–Crippen MR) is 76.7 cm³/mol. The van der Waals surface area contributed by atoms with Crippen LogP contribution in [0.2, 0.25) is 0 Å². The van der Waals surface area contributed by atoms with E-state index in [9.17, 15) is 0 Å². The summed E-state index contributed by atoms with van der Waals surface area (Å²) in [5, 5.41) is 4.20. The molecule has 0 bridgehead atoms. The summed E-state index contributed by atoms with van der Waals surface area (Å²) in [6.45, 7) is 7.34. The van der Waals surface area contributed by atoms with Crippen LogP contribution in [0.4, 0.5) is 5.95 Å². The minimum Gasteiger partial charge on any atom is -0.478 e. The fraction of sp³-hybridized carbons (Fsp3) is 0.462. The molecule has 0 aliphatic rings. The van der Waals surface area contributed by atoms with E-state index in [1.807, 2.05) is 26.1 Å². The molecule has 2 rings (SSSR count). The van der Waals surface area contributed by atoms with Gasteiger partial charge in [-0.1, -0.05) is 6.92 Å².